The van der Waals surface area contributed by atoms with Crippen LogP contribution in [0.5, 0.6) is 0 Å². The highest BCUT2D eigenvalue weighted by atomic mass is 16.4. The van der Waals surface area contributed by atoms with E-state index in [1.807, 2.05) is 13.0 Å². The van der Waals surface area contributed by atoms with Crippen LogP contribution in [0.2, 0.25) is 0 Å². The highest BCUT2D eigenvalue weighted by Crippen LogP contribution is 2.19. The molecule has 1 amide bonds. The molecule has 0 saturated carbocycles. The maximum absolute atomic E-state index is 13.1. The normalized spacial score (nSPS) is 11.0. The first-order valence-electron chi connectivity index (χ1n) is 9.05. The van der Waals surface area contributed by atoms with Gasteiger partial charge in [0.2, 0.25) is 0 Å². The Bertz CT molecular complexity index is 1100. The van der Waals surface area contributed by atoms with Gasteiger partial charge in [0.25, 0.3) is 5.91 Å². The zero-order valence-corrected chi connectivity index (χ0v) is 15.4. The van der Waals surface area contributed by atoms with Crippen molar-refractivity contribution in [3.8, 4) is 0 Å². The van der Waals surface area contributed by atoms with Crippen LogP contribution in [-0.4, -0.2) is 10.8 Å². The molecule has 3 heterocycles. The van der Waals surface area contributed by atoms with E-state index >= 15 is 0 Å². The SMILES string of the molecule is CCc1ccc2oc(C(=O)N(Cc3ccco3)Cc3ccco3)cc(=O)c2c1. The van der Waals surface area contributed by atoms with Crippen molar-refractivity contribution in [2.75, 3.05) is 0 Å². The van der Waals surface area contributed by atoms with Gasteiger partial charge in [-0.3, -0.25) is 9.59 Å². The number of furan rings is 2. The fourth-order valence-electron chi connectivity index (χ4n) is 3.07. The van der Waals surface area contributed by atoms with E-state index in [1.54, 1.807) is 48.9 Å². The molecule has 6 nitrogen and oxygen atoms in total. The molecule has 0 unspecified atom stereocenters. The minimum atomic E-state index is -0.411. The number of nitrogens with zero attached hydrogens (tertiary/aromatic N) is 1. The molecule has 142 valence electrons. The molecule has 0 atom stereocenters. The number of rotatable bonds is 6. The van der Waals surface area contributed by atoms with Crippen LogP contribution in [-0.2, 0) is 19.5 Å². The number of amides is 1. The van der Waals surface area contributed by atoms with E-state index in [9.17, 15) is 9.59 Å². The second-order valence-corrected chi connectivity index (χ2v) is 6.48. The summed E-state index contributed by atoms with van der Waals surface area (Å²) in [5.74, 6) is 0.817. The Hall–Kier alpha value is -3.54. The molecular formula is C22H19NO5. The summed E-state index contributed by atoms with van der Waals surface area (Å²) in [6, 6.07) is 13.8. The smallest absolute Gasteiger partial charge is 0.290 e. The van der Waals surface area contributed by atoms with Gasteiger partial charge in [-0.2, -0.15) is 0 Å². The van der Waals surface area contributed by atoms with Gasteiger partial charge in [0.15, 0.2) is 11.2 Å². The fourth-order valence-corrected chi connectivity index (χ4v) is 3.07. The van der Waals surface area contributed by atoms with E-state index in [4.69, 9.17) is 13.3 Å². The van der Waals surface area contributed by atoms with Gasteiger partial charge in [-0.15, -0.1) is 0 Å². The third-order valence-electron chi connectivity index (χ3n) is 4.55. The Balaban J connectivity index is 1.70. The van der Waals surface area contributed by atoms with Gasteiger partial charge in [0.05, 0.1) is 31.0 Å². The molecule has 0 aliphatic heterocycles. The average molecular weight is 377 g/mol. The van der Waals surface area contributed by atoms with Crippen LogP contribution >= 0.6 is 0 Å². The molecule has 0 fully saturated rings. The van der Waals surface area contributed by atoms with E-state index in [0.717, 1.165) is 12.0 Å². The molecule has 0 spiro atoms. The molecule has 28 heavy (non-hydrogen) atoms. The number of aryl methyl sites for hydroxylation is 1. The second-order valence-electron chi connectivity index (χ2n) is 6.48. The Kier molecular flexibility index (Phi) is 4.85. The summed E-state index contributed by atoms with van der Waals surface area (Å²) < 4.78 is 16.5. The summed E-state index contributed by atoms with van der Waals surface area (Å²) in [6.45, 7) is 2.47. The van der Waals surface area contributed by atoms with Gasteiger partial charge in [0, 0.05) is 6.07 Å². The van der Waals surface area contributed by atoms with Gasteiger partial charge in [-0.25, -0.2) is 0 Å². The first-order valence-corrected chi connectivity index (χ1v) is 9.05. The topological polar surface area (TPSA) is 76.8 Å². The number of fused-ring (bicyclic) bond motifs is 1. The molecule has 0 aliphatic carbocycles. The number of hydrogen-bond donors (Lipinski definition) is 0. The Morgan fingerprint density at radius 2 is 1.64 bits per heavy atom. The molecule has 0 bridgehead atoms. The van der Waals surface area contributed by atoms with Crippen molar-refractivity contribution in [1.82, 2.24) is 4.90 Å². The zero-order valence-electron chi connectivity index (χ0n) is 15.4. The number of carbonyl (C=O) groups is 1. The Labute approximate surface area is 161 Å². The Morgan fingerprint density at radius 3 is 2.21 bits per heavy atom. The fraction of sp³-hybridized carbons (Fsp3) is 0.182. The van der Waals surface area contributed by atoms with Crippen molar-refractivity contribution >= 4 is 16.9 Å². The zero-order chi connectivity index (χ0) is 19.5. The van der Waals surface area contributed by atoms with Crippen LogP contribution in [0.25, 0.3) is 11.0 Å². The predicted octanol–water partition coefficient (Wildman–Crippen LogP) is 4.38. The lowest BCUT2D eigenvalue weighted by molar-refractivity contribution is 0.0673. The molecule has 6 heteroatoms. The van der Waals surface area contributed by atoms with Crippen LogP contribution in [0, 0.1) is 0 Å². The molecule has 3 aromatic heterocycles. The summed E-state index contributed by atoms with van der Waals surface area (Å²) in [4.78, 5) is 27.2. The van der Waals surface area contributed by atoms with E-state index in [1.165, 1.54) is 11.0 Å². The molecular weight excluding hydrogens is 358 g/mol. The highest BCUT2D eigenvalue weighted by molar-refractivity contribution is 5.93. The molecule has 4 aromatic rings. The summed E-state index contributed by atoms with van der Waals surface area (Å²) in [5.41, 5.74) is 1.19. The molecule has 0 aliphatic rings. The number of benzene rings is 1. The van der Waals surface area contributed by atoms with Crippen molar-refractivity contribution < 1.29 is 18.0 Å². The van der Waals surface area contributed by atoms with Gasteiger partial charge in [-0.1, -0.05) is 13.0 Å². The maximum Gasteiger partial charge on any atom is 0.290 e. The minimum Gasteiger partial charge on any atom is -0.467 e. The van der Waals surface area contributed by atoms with Gasteiger partial charge >= 0.3 is 0 Å². The number of hydrogen-bond acceptors (Lipinski definition) is 5. The molecule has 0 radical (unpaired) electrons. The quantitative estimate of drug-likeness (QED) is 0.498. The van der Waals surface area contributed by atoms with Crippen LogP contribution in [0.15, 0.2) is 79.1 Å². The molecule has 0 N–H and O–H groups in total. The summed E-state index contributed by atoms with van der Waals surface area (Å²) in [5, 5.41) is 0.472. The first-order chi connectivity index (χ1) is 13.6. The van der Waals surface area contributed by atoms with E-state index < -0.39 is 5.91 Å². The van der Waals surface area contributed by atoms with E-state index in [0.29, 0.717) is 22.5 Å². The Morgan fingerprint density at radius 1 is 0.964 bits per heavy atom. The van der Waals surface area contributed by atoms with Gasteiger partial charge in [0.1, 0.15) is 17.1 Å². The lowest BCUT2D eigenvalue weighted by Crippen LogP contribution is -2.30. The average Bonchev–Trinajstić information content (AvgIpc) is 3.41. The summed E-state index contributed by atoms with van der Waals surface area (Å²) in [7, 11) is 0. The van der Waals surface area contributed by atoms with Gasteiger partial charge < -0.3 is 18.2 Å². The predicted molar refractivity (Wildman–Crippen MR) is 103 cm³/mol. The third kappa shape index (κ3) is 3.62. The van der Waals surface area contributed by atoms with Crippen LogP contribution in [0.3, 0.4) is 0 Å². The minimum absolute atomic E-state index is 0.0140. The summed E-state index contributed by atoms with van der Waals surface area (Å²) in [6.07, 6.45) is 3.91. The van der Waals surface area contributed by atoms with Crippen molar-refractivity contribution in [2.24, 2.45) is 0 Å². The van der Waals surface area contributed by atoms with E-state index in [-0.39, 0.29) is 24.3 Å². The van der Waals surface area contributed by atoms with Crippen LogP contribution < -0.4 is 5.43 Å². The molecule has 4 rings (SSSR count). The highest BCUT2D eigenvalue weighted by Gasteiger charge is 2.22. The molecule has 0 saturated heterocycles. The van der Waals surface area contributed by atoms with Crippen molar-refractivity contribution in [2.45, 2.75) is 26.4 Å². The van der Waals surface area contributed by atoms with Crippen LogP contribution in [0.1, 0.15) is 34.6 Å². The standard InChI is InChI=1S/C22H19NO5/c1-2-15-7-8-20-18(11-15)19(24)12-21(28-20)22(25)23(13-16-5-3-9-26-16)14-17-6-4-10-27-17/h3-12H,2,13-14H2,1H3. The monoisotopic (exact) mass is 377 g/mol. The van der Waals surface area contributed by atoms with Crippen molar-refractivity contribution in [1.29, 1.82) is 0 Å². The van der Waals surface area contributed by atoms with Gasteiger partial charge in [-0.05, 0) is 48.4 Å². The lowest BCUT2D eigenvalue weighted by Gasteiger charge is -2.20. The number of carbonyl (C=O) groups excluding carboxylic acids is 1. The lowest BCUT2D eigenvalue weighted by atomic mass is 10.1. The van der Waals surface area contributed by atoms with E-state index in [2.05, 4.69) is 0 Å². The maximum atomic E-state index is 13.1. The van der Waals surface area contributed by atoms with Crippen molar-refractivity contribution in [3.63, 3.8) is 0 Å². The second kappa shape index (κ2) is 7.60. The van der Waals surface area contributed by atoms with Crippen LogP contribution in [0.4, 0.5) is 0 Å². The summed E-state index contributed by atoms with van der Waals surface area (Å²) >= 11 is 0. The van der Waals surface area contributed by atoms with Crippen molar-refractivity contribution in [3.05, 3.63) is 94.1 Å². The third-order valence-corrected chi connectivity index (χ3v) is 4.55. The largest absolute Gasteiger partial charge is 0.467 e. The molecule has 1 aromatic carbocycles. The first kappa shape index (κ1) is 17.9.